The van der Waals surface area contributed by atoms with Gasteiger partial charge in [-0.25, -0.2) is 9.88 Å². The van der Waals surface area contributed by atoms with E-state index in [0.29, 0.717) is 35.2 Å². The molecule has 1 aromatic heterocycles. The fourth-order valence-corrected chi connectivity index (χ4v) is 7.28. The molecule has 4 aromatic carbocycles. The van der Waals surface area contributed by atoms with Gasteiger partial charge in [0.1, 0.15) is 11.7 Å². The summed E-state index contributed by atoms with van der Waals surface area (Å²) in [4.78, 5) is 73.8. The number of para-hydroxylation sites is 1. The Hall–Kier alpha value is -6.44. The van der Waals surface area contributed by atoms with Crippen molar-refractivity contribution in [3.63, 3.8) is 0 Å². The van der Waals surface area contributed by atoms with Crippen molar-refractivity contribution in [3.05, 3.63) is 158 Å². The first kappa shape index (κ1) is 33.7. The molecule has 0 saturated carbocycles. The Morgan fingerprint density at radius 2 is 1.28 bits per heavy atom. The summed E-state index contributed by atoms with van der Waals surface area (Å²) in [7, 11) is 0. The Kier molecular flexibility index (Phi) is 7.33. The Morgan fingerprint density at radius 1 is 0.679 bits per heavy atom. The van der Waals surface area contributed by atoms with Crippen molar-refractivity contribution in [2.45, 2.75) is 30.1 Å². The highest BCUT2D eigenvalue weighted by atomic mass is 19.4. The van der Waals surface area contributed by atoms with Gasteiger partial charge < -0.3 is 4.98 Å². The third kappa shape index (κ3) is 4.85. The lowest BCUT2D eigenvalue weighted by atomic mass is 9.71. The van der Waals surface area contributed by atoms with Crippen molar-refractivity contribution in [1.82, 2.24) is 9.97 Å². The van der Waals surface area contributed by atoms with Crippen LogP contribution in [0.4, 0.5) is 32.0 Å². The third-order valence-corrected chi connectivity index (χ3v) is 9.81. The number of hydrogen-bond donors (Lipinski definition) is 1. The first-order valence-corrected chi connectivity index (χ1v) is 16.0. The minimum atomic E-state index is -6.13. The number of fused-ring (bicyclic) bond motifs is 3. The number of H-pyrrole nitrogens is 1. The number of alkyl halides is 6. The molecule has 2 amide bonds. The Morgan fingerprint density at radius 3 is 1.92 bits per heavy atom. The van der Waals surface area contributed by atoms with Crippen LogP contribution in [0.3, 0.4) is 0 Å². The van der Waals surface area contributed by atoms with E-state index in [-0.39, 0.29) is 16.6 Å². The molecule has 1 unspecified atom stereocenters. The van der Waals surface area contributed by atoms with E-state index < -0.39 is 91.8 Å². The van der Waals surface area contributed by atoms with Gasteiger partial charge in [0.15, 0.2) is 11.6 Å². The molecule has 1 aliphatic heterocycles. The number of anilines is 1. The minimum absolute atomic E-state index is 0.0561. The predicted molar refractivity (Wildman–Crippen MR) is 179 cm³/mol. The molecule has 0 bridgehead atoms. The molecule has 0 radical (unpaired) electrons. The van der Waals surface area contributed by atoms with Crippen molar-refractivity contribution in [2.24, 2.45) is 0 Å². The molecule has 8 nitrogen and oxygen atoms in total. The maximum absolute atomic E-state index is 15.2. The number of aromatic nitrogens is 2. The quantitative estimate of drug-likeness (QED) is 0.113. The highest BCUT2D eigenvalue weighted by molar-refractivity contribution is 6.34. The van der Waals surface area contributed by atoms with Gasteiger partial charge in [0.05, 0.1) is 27.7 Å². The van der Waals surface area contributed by atoms with Crippen LogP contribution in [0.15, 0.2) is 108 Å². The number of hydrogen-bond acceptors (Lipinski definition) is 6. The molecular weight excluding hydrogens is 704 g/mol. The van der Waals surface area contributed by atoms with Crippen LogP contribution in [0.1, 0.15) is 76.3 Å². The number of nitrogens with zero attached hydrogens (tertiary/aromatic N) is 2. The number of Topliss-reactive ketones (excluding diaryl/α,β-unsaturated/α-hetero) is 2. The summed E-state index contributed by atoms with van der Waals surface area (Å²) in [6.07, 6.45) is -5.79. The first-order valence-electron chi connectivity index (χ1n) is 16.0. The molecule has 264 valence electrons. The van der Waals surface area contributed by atoms with Crippen LogP contribution >= 0.6 is 0 Å². The van der Waals surface area contributed by atoms with Crippen molar-refractivity contribution in [3.8, 4) is 0 Å². The number of halogens is 6. The van der Waals surface area contributed by atoms with Gasteiger partial charge in [-0.2, -0.15) is 26.3 Å². The molecule has 2 aliphatic carbocycles. The molecule has 0 spiro atoms. The van der Waals surface area contributed by atoms with E-state index in [1.165, 1.54) is 30.3 Å². The van der Waals surface area contributed by atoms with Gasteiger partial charge in [-0.05, 0) is 71.1 Å². The zero-order chi connectivity index (χ0) is 37.6. The van der Waals surface area contributed by atoms with Gasteiger partial charge in [0, 0.05) is 11.1 Å². The highest BCUT2D eigenvalue weighted by Gasteiger charge is 2.73. The lowest BCUT2D eigenvalue weighted by molar-refractivity contribution is -0.288. The Labute approximate surface area is 294 Å². The van der Waals surface area contributed by atoms with E-state index in [9.17, 15) is 24.0 Å². The van der Waals surface area contributed by atoms with Crippen molar-refractivity contribution in [2.75, 3.05) is 4.90 Å². The largest absolute Gasteiger partial charge is 0.411 e. The lowest BCUT2D eigenvalue weighted by Gasteiger charge is -2.38. The molecule has 0 saturated heterocycles. The van der Waals surface area contributed by atoms with E-state index in [0.717, 1.165) is 23.6 Å². The van der Waals surface area contributed by atoms with Crippen molar-refractivity contribution < 1.29 is 45.5 Å². The van der Waals surface area contributed by atoms with Gasteiger partial charge >= 0.3 is 12.4 Å². The fraction of sp³-hybridized carbons (Fsp3) is 0.128. The molecule has 8 rings (SSSR count). The standard InChI is InChI=1S/C39H21F6N3O5/c40-38(41,42)37(39(43,44)45,21-11-15-24-27(17-21)32(50)30(31(24)49)33-46-29-8-4-3-7-26(29)34(51)47-33)22-12-16-25-28(18-22)36(53)48(35(25)52)23-13-9-20(10-14-23)19-5-1-2-6-19/h1,3-18,30H,2H2,(H,46,47,51). The van der Waals surface area contributed by atoms with Crippen LogP contribution in [-0.4, -0.2) is 45.7 Å². The minimum Gasteiger partial charge on any atom is -0.309 e. The number of allylic oxidation sites excluding steroid dienone is 4. The molecule has 3 aliphatic rings. The maximum atomic E-state index is 15.2. The first-order chi connectivity index (χ1) is 25.1. The zero-order valence-electron chi connectivity index (χ0n) is 26.8. The number of carbonyl (C=O) groups excluding carboxylic acids is 4. The van der Waals surface area contributed by atoms with Gasteiger partial charge in [-0.3, -0.25) is 24.0 Å². The molecule has 53 heavy (non-hydrogen) atoms. The van der Waals surface area contributed by atoms with E-state index in [1.54, 1.807) is 18.2 Å². The Balaban J connectivity index is 1.22. The van der Waals surface area contributed by atoms with Crippen molar-refractivity contribution >= 4 is 45.5 Å². The van der Waals surface area contributed by atoms with Gasteiger partial charge in [0.2, 0.25) is 5.41 Å². The van der Waals surface area contributed by atoms with Crippen LogP contribution in [0.5, 0.6) is 0 Å². The number of imide groups is 1. The molecule has 1 N–H and O–H groups in total. The van der Waals surface area contributed by atoms with Crippen molar-refractivity contribution in [1.29, 1.82) is 0 Å². The summed E-state index contributed by atoms with van der Waals surface area (Å²) in [6.45, 7) is 0. The average Bonchev–Trinajstić information content (AvgIpc) is 3.80. The van der Waals surface area contributed by atoms with E-state index in [4.69, 9.17) is 0 Å². The van der Waals surface area contributed by atoms with Crippen LogP contribution in [-0.2, 0) is 5.41 Å². The summed E-state index contributed by atoms with van der Waals surface area (Å²) >= 11 is 0. The smallest absolute Gasteiger partial charge is 0.309 e. The second-order valence-corrected chi connectivity index (χ2v) is 12.7. The number of ketones is 2. The van der Waals surface area contributed by atoms with Gasteiger partial charge in [0.25, 0.3) is 17.4 Å². The van der Waals surface area contributed by atoms with Crippen LogP contribution in [0.25, 0.3) is 16.5 Å². The topological polar surface area (TPSA) is 117 Å². The van der Waals surface area contributed by atoms with Crippen LogP contribution in [0.2, 0.25) is 0 Å². The number of nitrogens with one attached hydrogen (secondary N) is 1. The number of amides is 2. The van der Waals surface area contributed by atoms with E-state index >= 15 is 26.3 Å². The summed E-state index contributed by atoms with van der Waals surface area (Å²) in [5.74, 6) is -6.48. The number of rotatable bonds is 5. The summed E-state index contributed by atoms with van der Waals surface area (Å²) in [5, 5.41) is 0.125. The van der Waals surface area contributed by atoms with Gasteiger partial charge in [-0.1, -0.05) is 60.7 Å². The normalized spacial score (nSPS) is 17.2. The Bertz CT molecular complexity index is 2570. The fourth-order valence-electron chi connectivity index (χ4n) is 7.28. The number of carbonyl (C=O) groups is 4. The third-order valence-electron chi connectivity index (χ3n) is 9.81. The SMILES string of the molecule is O=C1c2ccc(C(c3ccc4c(c3)C(=O)N(c3ccc(C5=CCC=C5)cc3)C4=O)(C(F)(F)F)C(F)(F)F)cc2C(=O)C1c1nc2ccccc2c(=O)[nH]1. The second-order valence-electron chi connectivity index (χ2n) is 12.7. The summed E-state index contributed by atoms with van der Waals surface area (Å²) in [6, 6.07) is 15.2. The molecule has 0 fully saturated rings. The van der Waals surface area contributed by atoms with Crippen LogP contribution < -0.4 is 10.5 Å². The van der Waals surface area contributed by atoms with E-state index in [1.807, 2.05) is 18.2 Å². The number of aromatic amines is 1. The summed E-state index contributed by atoms with van der Waals surface area (Å²) in [5.41, 5.74) is -8.91. The highest BCUT2D eigenvalue weighted by Crippen LogP contribution is 2.57. The lowest BCUT2D eigenvalue weighted by Crippen LogP contribution is -2.55. The van der Waals surface area contributed by atoms with Crippen LogP contribution in [0, 0.1) is 0 Å². The maximum Gasteiger partial charge on any atom is 0.411 e. The molecule has 14 heteroatoms. The monoisotopic (exact) mass is 725 g/mol. The average molecular weight is 726 g/mol. The number of benzene rings is 4. The molecular formula is C39H21F6N3O5. The molecule has 1 atom stereocenters. The molecule has 2 heterocycles. The predicted octanol–water partition coefficient (Wildman–Crippen LogP) is 7.64. The van der Waals surface area contributed by atoms with Gasteiger partial charge in [-0.15, -0.1) is 0 Å². The summed E-state index contributed by atoms with van der Waals surface area (Å²) < 4.78 is 91.5. The molecule has 5 aromatic rings. The zero-order valence-corrected chi connectivity index (χ0v) is 26.8. The van der Waals surface area contributed by atoms with E-state index in [2.05, 4.69) is 9.97 Å². The second kappa shape index (κ2) is 11.5.